The van der Waals surface area contributed by atoms with Gasteiger partial charge in [-0.15, -0.1) is 0 Å². The van der Waals surface area contributed by atoms with Crippen molar-refractivity contribution in [2.24, 2.45) is 0 Å². The Morgan fingerprint density at radius 1 is 1.19 bits per heavy atom. The van der Waals surface area contributed by atoms with E-state index in [4.69, 9.17) is 9.15 Å². The summed E-state index contributed by atoms with van der Waals surface area (Å²) in [7, 11) is 5.85. The van der Waals surface area contributed by atoms with Gasteiger partial charge in [-0.2, -0.15) is 0 Å². The highest BCUT2D eigenvalue weighted by Crippen LogP contribution is 2.17. The molecule has 0 fully saturated rings. The van der Waals surface area contributed by atoms with Crippen LogP contribution in [0.4, 0.5) is 0 Å². The van der Waals surface area contributed by atoms with Crippen molar-refractivity contribution < 1.29 is 9.15 Å². The standard InChI is InChI=1S/C17H24N2O2/c1-19(2)16(17-8-5-9-21-17)12-18-11-14-6-4-7-15(10-14)13-20-3/h4-10,16,18H,11-13H2,1-3H3. The zero-order chi connectivity index (χ0) is 15.1. The molecule has 0 radical (unpaired) electrons. The van der Waals surface area contributed by atoms with Crippen LogP contribution < -0.4 is 5.32 Å². The number of furan rings is 1. The number of likely N-dealkylation sites (N-methyl/N-ethyl adjacent to an activating group) is 1. The van der Waals surface area contributed by atoms with Crippen molar-refractivity contribution in [2.75, 3.05) is 27.7 Å². The molecule has 2 rings (SSSR count). The van der Waals surface area contributed by atoms with Gasteiger partial charge >= 0.3 is 0 Å². The van der Waals surface area contributed by atoms with Gasteiger partial charge in [-0.1, -0.05) is 24.3 Å². The fraction of sp³-hybridized carbons (Fsp3) is 0.412. The summed E-state index contributed by atoms with van der Waals surface area (Å²) in [4.78, 5) is 2.16. The van der Waals surface area contributed by atoms with E-state index in [0.29, 0.717) is 6.61 Å². The van der Waals surface area contributed by atoms with E-state index in [1.165, 1.54) is 11.1 Å². The molecule has 0 aliphatic heterocycles. The van der Waals surface area contributed by atoms with Crippen molar-refractivity contribution in [1.82, 2.24) is 10.2 Å². The molecule has 0 saturated carbocycles. The summed E-state index contributed by atoms with van der Waals surface area (Å²) in [5.74, 6) is 0.987. The van der Waals surface area contributed by atoms with Crippen molar-refractivity contribution in [2.45, 2.75) is 19.2 Å². The molecule has 0 aliphatic rings. The van der Waals surface area contributed by atoms with Gasteiger partial charge in [-0.25, -0.2) is 0 Å². The molecular weight excluding hydrogens is 264 g/mol. The summed E-state index contributed by atoms with van der Waals surface area (Å²) in [5, 5.41) is 3.50. The van der Waals surface area contributed by atoms with Crippen LogP contribution in [0.25, 0.3) is 0 Å². The fourth-order valence-corrected chi connectivity index (χ4v) is 2.37. The lowest BCUT2D eigenvalue weighted by atomic mass is 10.1. The first-order chi connectivity index (χ1) is 10.2. The maximum atomic E-state index is 5.51. The summed E-state index contributed by atoms with van der Waals surface area (Å²) < 4.78 is 10.7. The van der Waals surface area contributed by atoms with Gasteiger partial charge in [0.15, 0.2) is 0 Å². The third-order valence-electron chi connectivity index (χ3n) is 3.46. The SMILES string of the molecule is COCc1cccc(CNCC(c2ccco2)N(C)C)c1. The van der Waals surface area contributed by atoms with E-state index in [1.54, 1.807) is 13.4 Å². The van der Waals surface area contributed by atoms with Gasteiger partial charge in [-0.05, 0) is 37.4 Å². The van der Waals surface area contributed by atoms with Crippen molar-refractivity contribution in [3.8, 4) is 0 Å². The number of hydrogen-bond acceptors (Lipinski definition) is 4. The topological polar surface area (TPSA) is 37.6 Å². The first kappa shape index (κ1) is 15.8. The van der Waals surface area contributed by atoms with E-state index in [9.17, 15) is 0 Å². The van der Waals surface area contributed by atoms with Crippen LogP contribution in [0, 0.1) is 0 Å². The second-order valence-corrected chi connectivity index (χ2v) is 5.38. The maximum absolute atomic E-state index is 5.51. The van der Waals surface area contributed by atoms with Crippen molar-refractivity contribution in [3.05, 3.63) is 59.5 Å². The fourth-order valence-electron chi connectivity index (χ4n) is 2.37. The molecule has 2 aromatic rings. The number of nitrogens with zero attached hydrogens (tertiary/aromatic N) is 1. The molecule has 1 atom stereocenters. The van der Waals surface area contributed by atoms with Crippen molar-refractivity contribution in [3.63, 3.8) is 0 Å². The van der Waals surface area contributed by atoms with Crippen LogP contribution in [0.5, 0.6) is 0 Å². The predicted molar refractivity (Wildman–Crippen MR) is 84.0 cm³/mol. The molecule has 21 heavy (non-hydrogen) atoms. The molecule has 0 amide bonds. The highest BCUT2D eigenvalue weighted by atomic mass is 16.5. The van der Waals surface area contributed by atoms with E-state index in [-0.39, 0.29) is 6.04 Å². The minimum Gasteiger partial charge on any atom is -0.468 e. The maximum Gasteiger partial charge on any atom is 0.122 e. The minimum atomic E-state index is 0.238. The number of benzene rings is 1. The van der Waals surface area contributed by atoms with Crippen LogP contribution in [0.1, 0.15) is 22.9 Å². The predicted octanol–water partition coefficient (Wildman–Crippen LogP) is 2.82. The van der Waals surface area contributed by atoms with Crippen LogP contribution in [0.2, 0.25) is 0 Å². The third kappa shape index (κ3) is 4.70. The molecule has 4 heteroatoms. The molecule has 0 aliphatic carbocycles. The normalized spacial score (nSPS) is 12.8. The Bertz CT molecular complexity index is 523. The van der Waals surface area contributed by atoms with E-state index < -0.39 is 0 Å². The Balaban J connectivity index is 1.89. The number of methoxy groups -OCH3 is 1. The molecule has 1 heterocycles. The third-order valence-corrected chi connectivity index (χ3v) is 3.46. The van der Waals surface area contributed by atoms with Crippen LogP contribution in [-0.2, 0) is 17.9 Å². The van der Waals surface area contributed by atoms with Crippen LogP contribution in [-0.4, -0.2) is 32.6 Å². The zero-order valence-corrected chi connectivity index (χ0v) is 13.0. The van der Waals surface area contributed by atoms with E-state index >= 15 is 0 Å². The highest BCUT2D eigenvalue weighted by molar-refractivity contribution is 5.22. The molecule has 1 aromatic heterocycles. The molecule has 1 unspecified atom stereocenters. The van der Waals surface area contributed by atoms with Crippen LogP contribution in [0.3, 0.4) is 0 Å². The lowest BCUT2D eigenvalue weighted by molar-refractivity contribution is 0.185. The summed E-state index contributed by atoms with van der Waals surface area (Å²) in [6, 6.07) is 12.6. The average molecular weight is 288 g/mol. The molecule has 114 valence electrons. The van der Waals surface area contributed by atoms with Gasteiger partial charge in [0, 0.05) is 20.2 Å². The van der Waals surface area contributed by atoms with Gasteiger partial charge in [-0.3, -0.25) is 4.90 Å². The van der Waals surface area contributed by atoms with Gasteiger partial charge in [0.2, 0.25) is 0 Å². The van der Waals surface area contributed by atoms with E-state index in [1.807, 2.05) is 12.1 Å². The molecule has 0 saturated heterocycles. The average Bonchev–Trinajstić information content (AvgIpc) is 2.98. The monoisotopic (exact) mass is 288 g/mol. The molecule has 1 N–H and O–H groups in total. The lowest BCUT2D eigenvalue weighted by Gasteiger charge is -2.22. The molecule has 0 spiro atoms. The van der Waals surface area contributed by atoms with Crippen LogP contribution >= 0.6 is 0 Å². The quantitative estimate of drug-likeness (QED) is 0.810. The zero-order valence-electron chi connectivity index (χ0n) is 13.0. The number of hydrogen-bond donors (Lipinski definition) is 1. The van der Waals surface area contributed by atoms with Crippen LogP contribution in [0.15, 0.2) is 47.1 Å². The molecule has 1 aromatic carbocycles. The van der Waals surface area contributed by atoms with Crippen molar-refractivity contribution in [1.29, 1.82) is 0 Å². The molecular formula is C17H24N2O2. The number of ether oxygens (including phenoxy) is 1. The van der Waals surface area contributed by atoms with E-state index in [2.05, 4.69) is 48.6 Å². The summed E-state index contributed by atoms with van der Waals surface area (Å²) >= 11 is 0. The lowest BCUT2D eigenvalue weighted by Crippen LogP contribution is -2.30. The second-order valence-electron chi connectivity index (χ2n) is 5.38. The largest absolute Gasteiger partial charge is 0.468 e. The Morgan fingerprint density at radius 2 is 2.00 bits per heavy atom. The first-order valence-corrected chi connectivity index (χ1v) is 7.18. The summed E-state index contributed by atoms with van der Waals surface area (Å²) in [5.41, 5.74) is 2.47. The minimum absolute atomic E-state index is 0.238. The Labute approximate surface area is 126 Å². The highest BCUT2D eigenvalue weighted by Gasteiger charge is 2.16. The first-order valence-electron chi connectivity index (χ1n) is 7.18. The Hall–Kier alpha value is -1.62. The van der Waals surface area contributed by atoms with Gasteiger partial charge in [0.25, 0.3) is 0 Å². The second kappa shape index (κ2) is 7.98. The summed E-state index contributed by atoms with van der Waals surface area (Å²) in [6.45, 7) is 2.33. The summed E-state index contributed by atoms with van der Waals surface area (Å²) in [6.07, 6.45) is 1.72. The van der Waals surface area contributed by atoms with E-state index in [0.717, 1.165) is 18.8 Å². The van der Waals surface area contributed by atoms with Gasteiger partial charge < -0.3 is 14.5 Å². The molecule has 0 bridgehead atoms. The Morgan fingerprint density at radius 3 is 2.67 bits per heavy atom. The Kier molecular flexibility index (Phi) is 5.99. The van der Waals surface area contributed by atoms with Gasteiger partial charge in [0.05, 0.1) is 18.9 Å². The van der Waals surface area contributed by atoms with Crippen molar-refractivity contribution >= 4 is 0 Å². The number of rotatable bonds is 8. The smallest absolute Gasteiger partial charge is 0.122 e. The van der Waals surface area contributed by atoms with Gasteiger partial charge in [0.1, 0.15) is 5.76 Å². The number of nitrogens with one attached hydrogen (secondary N) is 1. The molecule has 4 nitrogen and oxygen atoms in total.